The van der Waals surface area contributed by atoms with Crippen LogP contribution in [0.4, 0.5) is 0 Å². The molecule has 3 aromatic rings. The summed E-state index contributed by atoms with van der Waals surface area (Å²) in [6.07, 6.45) is 1.73. The van der Waals surface area contributed by atoms with Crippen molar-refractivity contribution in [1.82, 2.24) is 10.3 Å². The second-order valence-electron chi connectivity index (χ2n) is 6.19. The minimum atomic E-state index is -0.948. The molecule has 6 nitrogen and oxygen atoms in total. The zero-order valence-corrected chi connectivity index (χ0v) is 16.8. The monoisotopic (exact) mass is 442 g/mol. The maximum absolute atomic E-state index is 12.7. The van der Waals surface area contributed by atoms with E-state index in [0.717, 1.165) is 15.6 Å². The van der Waals surface area contributed by atoms with Crippen LogP contribution in [0.3, 0.4) is 0 Å². The van der Waals surface area contributed by atoms with Gasteiger partial charge in [-0.05, 0) is 30.7 Å². The number of hydrogen-bond donors (Lipinski definition) is 2. The topological polar surface area (TPSA) is 88.3 Å². The fraction of sp³-hybridized carbons (Fsp3) is 0.190. The van der Waals surface area contributed by atoms with E-state index in [1.54, 1.807) is 13.0 Å². The minimum Gasteiger partial charge on any atom is -0.464 e. The summed E-state index contributed by atoms with van der Waals surface area (Å²) in [5.41, 5.74) is 1.84. The van der Waals surface area contributed by atoms with Gasteiger partial charge in [0, 0.05) is 28.0 Å². The van der Waals surface area contributed by atoms with E-state index in [2.05, 4.69) is 26.2 Å². The highest BCUT2D eigenvalue weighted by Crippen LogP contribution is 2.23. The van der Waals surface area contributed by atoms with Crippen LogP contribution in [0, 0.1) is 0 Å². The van der Waals surface area contributed by atoms with Gasteiger partial charge < -0.3 is 15.0 Å². The number of carbonyl (C=O) groups excluding carboxylic acids is 3. The lowest BCUT2D eigenvalue weighted by atomic mass is 10.0. The van der Waals surface area contributed by atoms with Crippen LogP contribution in [0.25, 0.3) is 10.9 Å². The molecule has 0 aliphatic carbocycles. The Bertz CT molecular complexity index is 1010. The first kappa shape index (κ1) is 19.8. The second-order valence-corrected chi connectivity index (χ2v) is 7.10. The molecule has 0 fully saturated rings. The van der Waals surface area contributed by atoms with Gasteiger partial charge in [-0.2, -0.15) is 0 Å². The van der Waals surface area contributed by atoms with Gasteiger partial charge in [-0.15, -0.1) is 0 Å². The van der Waals surface area contributed by atoms with Gasteiger partial charge in [0.2, 0.25) is 0 Å². The number of aromatic amines is 1. The number of aromatic nitrogens is 1. The molecule has 3 rings (SSSR count). The van der Waals surface area contributed by atoms with Crippen molar-refractivity contribution in [2.45, 2.75) is 19.4 Å². The number of ether oxygens (including phenoxy) is 1. The van der Waals surface area contributed by atoms with Crippen LogP contribution in [0.1, 0.15) is 22.8 Å². The molecule has 1 heterocycles. The van der Waals surface area contributed by atoms with E-state index >= 15 is 0 Å². The maximum Gasteiger partial charge on any atom is 0.328 e. The zero-order valence-electron chi connectivity index (χ0n) is 15.2. The molecule has 1 amide bonds. The number of amides is 1. The molecule has 0 aliphatic heterocycles. The standard InChI is InChI=1S/C21H19BrN2O4/c1-2-28-21(27)18(10-13-6-4-3-5-7-13)24-20(26)19(25)16-12-23-17-9-8-14(22)11-15(16)17/h3-9,11-12,18,23H,2,10H2,1H3,(H,24,26)/t18-/m0/s1. The van der Waals surface area contributed by atoms with Crippen LogP contribution in [0.5, 0.6) is 0 Å². The Kier molecular flexibility index (Phi) is 6.26. The zero-order chi connectivity index (χ0) is 20.1. The molecule has 0 saturated heterocycles. The Labute approximate surface area is 170 Å². The number of Topliss-reactive ketones (excluding diaryl/α,β-unsaturated/α-hetero) is 1. The van der Waals surface area contributed by atoms with E-state index < -0.39 is 23.7 Å². The van der Waals surface area contributed by atoms with E-state index in [-0.39, 0.29) is 18.6 Å². The third kappa shape index (κ3) is 4.48. The van der Waals surface area contributed by atoms with Gasteiger partial charge in [-0.1, -0.05) is 46.3 Å². The highest BCUT2D eigenvalue weighted by molar-refractivity contribution is 9.10. The predicted octanol–water partition coefficient (Wildman–Crippen LogP) is 3.40. The number of esters is 1. The first-order valence-electron chi connectivity index (χ1n) is 8.82. The van der Waals surface area contributed by atoms with Gasteiger partial charge in [-0.3, -0.25) is 9.59 Å². The van der Waals surface area contributed by atoms with Gasteiger partial charge in [0.15, 0.2) is 0 Å². The average Bonchev–Trinajstić information content (AvgIpc) is 3.10. The van der Waals surface area contributed by atoms with Gasteiger partial charge in [0.1, 0.15) is 6.04 Å². The number of H-pyrrole nitrogens is 1. The van der Waals surface area contributed by atoms with Gasteiger partial charge in [0.25, 0.3) is 11.7 Å². The molecule has 2 aromatic carbocycles. The number of nitrogens with one attached hydrogen (secondary N) is 2. The molecule has 0 bridgehead atoms. The highest BCUT2D eigenvalue weighted by atomic mass is 79.9. The molecular formula is C21H19BrN2O4. The predicted molar refractivity (Wildman–Crippen MR) is 109 cm³/mol. The van der Waals surface area contributed by atoms with Crippen LogP contribution < -0.4 is 5.32 Å². The molecule has 0 unspecified atom stereocenters. The molecular weight excluding hydrogens is 424 g/mol. The first-order valence-corrected chi connectivity index (χ1v) is 9.61. The number of carbonyl (C=O) groups is 3. The summed E-state index contributed by atoms with van der Waals surface area (Å²) >= 11 is 3.36. The normalized spacial score (nSPS) is 11.8. The van der Waals surface area contributed by atoms with Gasteiger partial charge >= 0.3 is 5.97 Å². The molecule has 144 valence electrons. The first-order chi connectivity index (χ1) is 13.5. The molecule has 28 heavy (non-hydrogen) atoms. The molecule has 0 saturated carbocycles. The van der Waals surface area contributed by atoms with E-state index in [4.69, 9.17) is 4.74 Å². The third-order valence-electron chi connectivity index (χ3n) is 4.25. The molecule has 0 radical (unpaired) electrons. The van der Waals surface area contributed by atoms with Crippen molar-refractivity contribution in [2.75, 3.05) is 6.61 Å². The lowest BCUT2D eigenvalue weighted by Crippen LogP contribution is -2.46. The van der Waals surface area contributed by atoms with E-state index in [9.17, 15) is 14.4 Å². The lowest BCUT2D eigenvalue weighted by molar-refractivity contribution is -0.146. The Morgan fingerprint density at radius 2 is 1.89 bits per heavy atom. The Morgan fingerprint density at radius 3 is 2.61 bits per heavy atom. The lowest BCUT2D eigenvalue weighted by Gasteiger charge is -2.17. The summed E-state index contributed by atoms with van der Waals surface area (Å²) in [4.78, 5) is 40.5. The molecule has 2 N–H and O–H groups in total. The van der Waals surface area contributed by atoms with Gasteiger partial charge in [-0.25, -0.2) is 4.79 Å². The summed E-state index contributed by atoms with van der Waals surface area (Å²) in [6.45, 7) is 1.87. The van der Waals surface area contributed by atoms with Crippen LogP contribution in [-0.4, -0.2) is 35.3 Å². The Morgan fingerprint density at radius 1 is 1.14 bits per heavy atom. The summed E-state index contributed by atoms with van der Waals surface area (Å²) in [7, 11) is 0. The highest BCUT2D eigenvalue weighted by Gasteiger charge is 2.27. The van der Waals surface area contributed by atoms with Crippen molar-refractivity contribution in [2.24, 2.45) is 0 Å². The van der Waals surface area contributed by atoms with Crippen molar-refractivity contribution >= 4 is 44.5 Å². The van der Waals surface area contributed by atoms with Crippen LogP contribution in [0.15, 0.2) is 59.2 Å². The fourth-order valence-electron chi connectivity index (χ4n) is 2.91. The van der Waals surface area contributed by atoms with Crippen molar-refractivity contribution in [1.29, 1.82) is 0 Å². The van der Waals surface area contributed by atoms with Crippen LogP contribution in [-0.2, 0) is 20.7 Å². The Balaban J connectivity index is 1.81. The van der Waals surface area contributed by atoms with Crippen molar-refractivity contribution in [3.05, 3.63) is 70.3 Å². The number of rotatable bonds is 7. The Hall–Kier alpha value is -2.93. The van der Waals surface area contributed by atoms with Crippen LogP contribution in [0.2, 0.25) is 0 Å². The van der Waals surface area contributed by atoms with E-state index in [0.29, 0.717) is 5.39 Å². The number of hydrogen-bond acceptors (Lipinski definition) is 4. The summed E-state index contributed by atoms with van der Waals surface area (Å²) < 4.78 is 5.85. The third-order valence-corrected chi connectivity index (χ3v) is 4.75. The van der Waals surface area contributed by atoms with E-state index in [1.165, 1.54) is 6.20 Å². The van der Waals surface area contributed by atoms with Crippen molar-refractivity contribution < 1.29 is 19.1 Å². The second kappa shape index (κ2) is 8.84. The molecule has 1 aromatic heterocycles. The van der Waals surface area contributed by atoms with E-state index in [1.807, 2.05) is 42.5 Å². The number of fused-ring (bicyclic) bond motifs is 1. The average molecular weight is 443 g/mol. The summed E-state index contributed by atoms with van der Waals surface area (Å²) in [5.74, 6) is -2.14. The number of benzene rings is 2. The number of ketones is 1. The summed E-state index contributed by atoms with van der Waals surface area (Å²) in [6, 6.07) is 13.7. The summed E-state index contributed by atoms with van der Waals surface area (Å²) in [5, 5.41) is 3.16. The quantitative estimate of drug-likeness (QED) is 0.333. The van der Waals surface area contributed by atoms with Gasteiger partial charge in [0.05, 0.1) is 12.2 Å². The number of halogens is 1. The molecule has 1 atom stereocenters. The minimum absolute atomic E-state index is 0.185. The van der Waals surface area contributed by atoms with Crippen molar-refractivity contribution in [3.63, 3.8) is 0 Å². The molecule has 7 heteroatoms. The molecule has 0 spiro atoms. The maximum atomic E-state index is 12.7. The smallest absolute Gasteiger partial charge is 0.328 e. The largest absolute Gasteiger partial charge is 0.464 e. The van der Waals surface area contributed by atoms with Crippen molar-refractivity contribution in [3.8, 4) is 0 Å². The van der Waals surface area contributed by atoms with Crippen LogP contribution >= 0.6 is 15.9 Å². The SMILES string of the molecule is CCOC(=O)[C@H](Cc1ccccc1)NC(=O)C(=O)c1c[nH]c2ccc(Br)cc12. The molecule has 0 aliphatic rings. The fourth-order valence-corrected chi connectivity index (χ4v) is 3.27.